The molecule has 2 aliphatic rings. The largest absolute Gasteiger partial charge is 0.506 e. The van der Waals surface area contributed by atoms with Crippen LogP contribution in [0.1, 0.15) is 33.3 Å². The van der Waals surface area contributed by atoms with Gasteiger partial charge in [0, 0.05) is 22.8 Å². The minimum Gasteiger partial charge on any atom is -0.506 e. The molecule has 0 radical (unpaired) electrons. The fourth-order valence-electron chi connectivity index (χ4n) is 5.20. The fraction of sp³-hybridized carbons (Fsp3) is 0.346. The predicted molar refractivity (Wildman–Crippen MR) is 143 cm³/mol. The molecule has 0 saturated carbocycles. The van der Waals surface area contributed by atoms with Gasteiger partial charge in [-0.05, 0) is 31.0 Å². The van der Waals surface area contributed by atoms with Gasteiger partial charge in [0.2, 0.25) is 11.5 Å². The Morgan fingerprint density at radius 1 is 1.11 bits per heavy atom. The van der Waals surface area contributed by atoms with Crippen LogP contribution < -0.4 is 24.4 Å². The van der Waals surface area contributed by atoms with Gasteiger partial charge in [0.15, 0.2) is 17.0 Å². The van der Waals surface area contributed by atoms with Gasteiger partial charge in [0.1, 0.15) is 11.4 Å². The number of carbonyl (C=O) groups is 3. The summed E-state index contributed by atoms with van der Waals surface area (Å²) in [7, 11) is 5.69. The summed E-state index contributed by atoms with van der Waals surface area (Å²) in [4.78, 5) is 44.2. The Labute approximate surface area is 226 Å². The van der Waals surface area contributed by atoms with Gasteiger partial charge in [0.05, 0.1) is 50.9 Å². The van der Waals surface area contributed by atoms with Gasteiger partial charge in [0.25, 0.3) is 5.91 Å². The third-order valence-corrected chi connectivity index (χ3v) is 7.65. The molecule has 0 unspecified atom stereocenters. The maximum atomic E-state index is 13.9. The minimum atomic E-state index is -1.69. The summed E-state index contributed by atoms with van der Waals surface area (Å²) >= 11 is 3.61. The highest BCUT2D eigenvalue weighted by atomic mass is 79.9. The molecule has 0 fully saturated rings. The Morgan fingerprint density at radius 3 is 2.45 bits per heavy atom. The number of nitrogens with one attached hydrogen (secondary N) is 2. The topological polar surface area (TPSA) is 139 Å². The molecule has 3 N–H and O–H groups in total. The predicted octanol–water partition coefficient (Wildman–Crippen LogP) is 3.41. The number of anilines is 2. The van der Waals surface area contributed by atoms with E-state index in [2.05, 4.69) is 26.2 Å². The highest BCUT2D eigenvalue weighted by Gasteiger charge is 2.52. The highest BCUT2D eigenvalue weighted by Crippen LogP contribution is 2.48. The van der Waals surface area contributed by atoms with Crippen LogP contribution in [0.15, 0.2) is 18.2 Å². The highest BCUT2D eigenvalue weighted by molar-refractivity contribution is 9.09. The van der Waals surface area contributed by atoms with E-state index in [4.69, 9.17) is 18.9 Å². The molecule has 0 spiro atoms. The lowest BCUT2D eigenvalue weighted by atomic mass is 9.89. The number of hydrogen-bond acceptors (Lipinski definition) is 9. The first-order valence-electron chi connectivity index (χ1n) is 11.7. The minimum absolute atomic E-state index is 0.144. The summed E-state index contributed by atoms with van der Waals surface area (Å²) in [6, 6.07) is 4.84. The van der Waals surface area contributed by atoms with E-state index >= 15 is 0 Å². The summed E-state index contributed by atoms with van der Waals surface area (Å²) in [5, 5.41) is 14.4. The number of phenols is 1. The Morgan fingerprint density at radius 2 is 1.82 bits per heavy atom. The first-order chi connectivity index (χ1) is 18.1. The van der Waals surface area contributed by atoms with E-state index in [1.807, 2.05) is 0 Å². The lowest BCUT2D eigenvalue weighted by Crippen LogP contribution is -2.47. The number of methoxy groups -OCH3 is 4. The van der Waals surface area contributed by atoms with Crippen LogP contribution in [0.5, 0.6) is 23.0 Å². The Hall–Kier alpha value is -3.93. The third kappa shape index (κ3) is 3.57. The molecule has 11 nitrogen and oxygen atoms in total. The number of H-pyrrole nitrogens is 1. The molecule has 38 heavy (non-hydrogen) atoms. The first kappa shape index (κ1) is 25.7. The molecular weight excluding hydrogens is 562 g/mol. The number of alkyl halides is 1. The second kappa shape index (κ2) is 9.12. The monoisotopic (exact) mass is 587 g/mol. The van der Waals surface area contributed by atoms with Crippen LogP contribution in [0.4, 0.5) is 11.4 Å². The van der Waals surface area contributed by atoms with Gasteiger partial charge in [-0.25, -0.2) is 4.79 Å². The molecule has 0 bridgehead atoms. The van der Waals surface area contributed by atoms with Crippen LogP contribution in [0.25, 0.3) is 10.9 Å². The zero-order valence-electron chi connectivity index (χ0n) is 21.4. The number of carbonyl (C=O) groups excluding carboxylic acids is 3. The molecule has 2 aliphatic heterocycles. The second-order valence-electron chi connectivity index (χ2n) is 9.22. The molecule has 1 amide bonds. The number of ether oxygens (including phenoxy) is 4. The second-order valence-corrected chi connectivity index (χ2v) is 10.5. The average molecular weight is 588 g/mol. The lowest BCUT2D eigenvalue weighted by molar-refractivity contribution is -0.143. The number of benzene rings is 2. The first-order valence-corrected chi connectivity index (χ1v) is 12.6. The number of halogens is 1. The Balaban J connectivity index is 1.63. The number of rotatable bonds is 5. The third-order valence-electron chi connectivity index (χ3n) is 7.03. The summed E-state index contributed by atoms with van der Waals surface area (Å²) in [5.41, 5.74) is 0.348. The summed E-state index contributed by atoms with van der Waals surface area (Å²) in [6.45, 7) is 1.68. The van der Waals surface area contributed by atoms with Gasteiger partial charge >= 0.3 is 5.97 Å². The molecule has 2 atom stereocenters. The van der Waals surface area contributed by atoms with Crippen molar-refractivity contribution in [3.8, 4) is 23.0 Å². The number of hydrogen-bond donors (Lipinski definition) is 3. The maximum Gasteiger partial charge on any atom is 0.339 e. The van der Waals surface area contributed by atoms with Crippen molar-refractivity contribution in [1.29, 1.82) is 0 Å². The zero-order chi connectivity index (χ0) is 27.5. The quantitative estimate of drug-likeness (QED) is 0.177. The molecule has 2 aromatic carbocycles. The van der Waals surface area contributed by atoms with Crippen LogP contribution in [-0.2, 0) is 16.0 Å². The van der Waals surface area contributed by atoms with Gasteiger partial charge in [-0.3, -0.25) is 9.59 Å². The van der Waals surface area contributed by atoms with E-state index in [1.165, 1.54) is 46.3 Å². The number of esters is 1. The van der Waals surface area contributed by atoms with E-state index in [-0.39, 0.29) is 40.0 Å². The maximum absolute atomic E-state index is 13.9. The van der Waals surface area contributed by atoms with Gasteiger partial charge < -0.3 is 39.3 Å². The summed E-state index contributed by atoms with van der Waals surface area (Å²) in [6.07, 6.45) is 0.404. The van der Waals surface area contributed by atoms with Gasteiger partial charge in [-0.15, -0.1) is 0 Å². The Bertz CT molecular complexity index is 1520. The Kier molecular flexibility index (Phi) is 6.17. The van der Waals surface area contributed by atoms with Crippen LogP contribution in [0, 0.1) is 0 Å². The molecule has 0 aliphatic carbocycles. The van der Waals surface area contributed by atoms with E-state index < -0.39 is 17.3 Å². The molecule has 0 saturated heterocycles. The number of aromatic nitrogens is 1. The molecule has 1 aromatic heterocycles. The standard InChI is InChI=1S/C26H26BrN3O8/c1-26(25(34)38-5)23(32)18-13-8-12(27)10-30(15(13)9-16(31)20(18)29-26)24(33)14-6-11-7-17(35-2)21(36-3)22(37-4)19(11)28-14/h6-7,9,12,28-29,31H,8,10H2,1-5H3/t12-,26+/m1/s1. The molecule has 200 valence electrons. The van der Waals surface area contributed by atoms with Crippen molar-refractivity contribution in [1.82, 2.24) is 4.98 Å². The normalized spacial score (nSPS) is 20.0. The number of ketones is 1. The van der Waals surface area contributed by atoms with Crippen molar-refractivity contribution in [3.63, 3.8) is 0 Å². The average Bonchev–Trinajstić information content (AvgIpc) is 3.46. The van der Waals surface area contributed by atoms with Crippen LogP contribution >= 0.6 is 15.9 Å². The van der Waals surface area contributed by atoms with Crippen molar-refractivity contribution in [3.05, 3.63) is 35.0 Å². The summed E-state index contributed by atoms with van der Waals surface area (Å²) in [5.74, 6) is -0.740. The van der Waals surface area contributed by atoms with Crippen LogP contribution in [0.2, 0.25) is 0 Å². The van der Waals surface area contributed by atoms with E-state index in [0.717, 1.165) is 0 Å². The number of fused-ring (bicyclic) bond motifs is 4. The SMILES string of the molecule is COC(=O)[C@@]1(C)Nc2c(O)cc3c(c2C1=O)C[C@@H](Br)CN3C(=O)c1cc2cc(OC)c(OC)c(OC)c2[nH]1. The van der Waals surface area contributed by atoms with E-state index in [1.54, 1.807) is 12.1 Å². The molecule has 3 aromatic rings. The summed E-state index contributed by atoms with van der Waals surface area (Å²) < 4.78 is 21.3. The van der Waals surface area contributed by atoms with Crippen molar-refractivity contribution >= 4 is 55.9 Å². The number of aromatic amines is 1. The van der Waals surface area contributed by atoms with E-state index in [9.17, 15) is 19.5 Å². The number of phenolic OH excluding ortho intramolecular Hbond substituents is 1. The van der Waals surface area contributed by atoms with E-state index in [0.29, 0.717) is 45.8 Å². The lowest BCUT2D eigenvalue weighted by Gasteiger charge is -2.33. The van der Waals surface area contributed by atoms with Crippen molar-refractivity contribution < 1.29 is 38.4 Å². The molecule has 3 heterocycles. The zero-order valence-corrected chi connectivity index (χ0v) is 22.9. The molecule has 12 heteroatoms. The number of nitrogens with zero attached hydrogens (tertiary/aromatic N) is 1. The number of amides is 1. The van der Waals surface area contributed by atoms with Gasteiger partial charge in [-0.2, -0.15) is 0 Å². The fourth-order valence-corrected chi connectivity index (χ4v) is 5.82. The van der Waals surface area contributed by atoms with Gasteiger partial charge in [-0.1, -0.05) is 15.9 Å². The molecular formula is C26H26BrN3O8. The van der Waals surface area contributed by atoms with Crippen molar-refractivity contribution in [2.75, 3.05) is 45.2 Å². The van der Waals surface area contributed by atoms with Crippen molar-refractivity contribution in [2.24, 2.45) is 0 Å². The van der Waals surface area contributed by atoms with Crippen LogP contribution in [0.3, 0.4) is 0 Å². The number of aromatic hydroxyl groups is 1. The molecule has 5 rings (SSSR count). The number of Topliss-reactive ketones (excluding diaryl/α,β-unsaturated/α-hetero) is 1. The smallest absolute Gasteiger partial charge is 0.339 e. The van der Waals surface area contributed by atoms with Crippen LogP contribution in [-0.4, -0.2) is 73.1 Å². The van der Waals surface area contributed by atoms with Crippen molar-refractivity contribution in [2.45, 2.75) is 23.7 Å².